The van der Waals surface area contributed by atoms with Gasteiger partial charge in [-0.05, 0) is 35.4 Å². The second-order valence-corrected chi connectivity index (χ2v) is 6.91. The molecule has 3 nitrogen and oxygen atoms in total. The van der Waals surface area contributed by atoms with Crippen molar-refractivity contribution in [3.63, 3.8) is 0 Å². The molecule has 100 valence electrons. The second-order valence-electron chi connectivity index (χ2n) is 4.33. The van der Waals surface area contributed by atoms with Crippen LogP contribution in [0.2, 0.25) is 5.02 Å². The Kier molecular flexibility index (Phi) is 3.94. The molecule has 0 fully saturated rings. The number of halogens is 1. The van der Waals surface area contributed by atoms with Gasteiger partial charge in [-0.25, -0.2) is 12.7 Å². The molecule has 0 saturated carbocycles. The average Bonchev–Trinajstić information content (AvgIpc) is 2.38. The predicted molar refractivity (Wildman–Crippen MR) is 77.8 cm³/mol. The molecular formula is C14H14ClNO2S. The van der Waals surface area contributed by atoms with E-state index < -0.39 is 10.0 Å². The van der Waals surface area contributed by atoms with Crippen LogP contribution >= 0.6 is 11.6 Å². The lowest BCUT2D eigenvalue weighted by molar-refractivity contribution is 0.521. The van der Waals surface area contributed by atoms with Gasteiger partial charge in [-0.1, -0.05) is 35.9 Å². The van der Waals surface area contributed by atoms with Crippen molar-refractivity contribution < 1.29 is 8.42 Å². The van der Waals surface area contributed by atoms with Crippen LogP contribution in [0.5, 0.6) is 0 Å². The Balaban J connectivity index is 2.52. The molecule has 0 heterocycles. The third-order valence-corrected chi connectivity index (χ3v) is 4.82. The third kappa shape index (κ3) is 2.97. The minimum absolute atomic E-state index is 0.273. The first kappa shape index (κ1) is 14.1. The number of rotatable bonds is 3. The van der Waals surface area contributed by atoms with Gasteiger partial charge in [-0.3, -0.25) is 0 Å². The fourth-order valence-corrected chi connectivity index (χ4v) is 2.85. The van der Waals surface area contributed by atoms with Crippen molar-refractivity contribution in [3.05, 3.63) is 53.6 Å². The molecule has 5 heteroatoms. The van der Waals surface area contributed by atoms with Crippen LogP contribution in [0.15, 0.2) is 53.4 Å². The van der Waals surface area contributed by atoms with Gasteiger partial charge in [0.05, 0.1) is 4.90 Å². The van der Waals surface area contributed by atoms with Crippen molar-refractivity contribution in [2.45, 2.75) is 4.90 Å². The summed E-state index contributed by atoms with van der Waals surface area (Å²) < 4.78 is 25.4. The number of sulfonamides is 1. The Morgan fingerprint density at radius 3 is 2.11 bits per heavy atom. The zero-order chi connectivity index (χ0) is 14.0. The summed E-state index contributed by atoms with van der Waals surface area (Å²) in [4.78, 5) is 0.273. The summed E-state index contributed by atoms with van der Waals surface area (Å²) >= 11 is 5.95. The molecule has 0 spiro atoms. The number of hydrogen-bond acceptors (Lipinski definition) is 2. The molecule has 0 amide bonds. The van der Waals surface area contributed by atoms with Crippen LogP contribution in [0.3, 0.4) is 0 Å². The van der Waals surface area contributed by atoms with E-state index in [0.717, 1.165) is 11.1 Å². The Hall–Kier alpha value is -1.36. The maximum Gasteiger partial charge on any atom is 0.242 e. The van der Waals surface area contributed by atoms with Gasteiger partial charge < -0.3 is 0 Å². The Bertz CT molecular complexity index is 696. The third-order valence-electron chi connectivity index (χ3n) is 2.77. The predicted octanol–water partition coefficient (Wildman–Crippen LogP) is 3.26. The Labute approximate surface area is 118 Å². The zero-order valence-electron chi connectivity index (χ0n) is 10.7. The van der Waals surface area contributed by atoms with Gasteiger partial charge in [0.25, 0.3) is 0 Å². The molecule has 0 unspecified atom stereocenters. The van der Waals surface area contributed by atoms with E-state index in [2.05, 4.69) is 0 Å². The topological polar surface area (TPSA) is 37.4 Å². The van der Waals surface area contributed by atoms with Crippen LogP contribution in [0.25, 0.3) is 11.1 Å². The summed E-state index contributed by atoms with van der Waals surface area (Å²) in [5, 5.41) is 0.623. The van der Waals surface area contributed by atoms with Crippen molar-refractivity contribution >= 4 is 21.6 Å². The lowest BCUT2D eigenvalue weighted by atomic mass is 10.1. The first-order valence-electron chi connectivity index (χ1n) is 5.70. The van der Waals surface area contributed by atoms with Gasteiger partial charge in [-0.2, -0.15) is 0 Å². The quantitative estimate of drug-likeness (QED) is 0.871. The van der Waals surface area contributed by atoms with Gasteiger partial charge in [0, 0.05) is 19.1 Å². The molecule has 2 aromatic carbocycles. The summed E-state index contributed by atoms with van der Waals surface area (Å²) in [6.07, 6.45) is 0. The van der Waals surface area contributed by atoms with Crippen LogP contribution in [0, 0.1) is 0 Å². The molecule has 0 aliphatic rings. The molecule has 0 radical (unpaired) electrons. The Morgan fingerprint density at radius 2 is 1.53 bits per heavy atom. The molecule has 19 heavy (non-hydrogen) atoms. The van der Waals surface area contributed by atoms with Gasteiger partial charge >= 0.3 is 0 Å². The van der Waals surface area contributed by atoms with Crippen molar-refractivity contribution in [1.82, 2.24) is 4.31 Å². The first-order chi connectivity index (χ1) is 8.91. The van der Waals surface area contributed by atoms with E-state index in [1.165, 1.54) is 18.4 Å². The molecule has 0 N–H and O–H groups in total. The van der Waals surface area contributed by atoms with E-state index in [0.29, 0.717) is 5.02 Å². The van der Waals surface area contributed by atoms with E-state index in [-0.39, 0.29) is 4.90 Å². The van der Waals surface area contributed by atoms with Crippen molar-refractivity contribution in [3.8, 4) is 11.1 Å². The van der Waals surface area contributed by atoms with E-state index in [9.17, 15) is 8.42 Å². The van der Waals surface area contributed by atoms with Crippen LogP contribution in [0.1, 0.15) is 0 Å². The molecule has 0 bridgehead atoms. The van der Waals surface area contributed by atoms with E-state index >= 15 is 0 Å². The molecule has 0 saturated heterocycles. The fourth-order valence-electron chi connectivity index (χ4n) is 1.71. The average molecular weight is 296 g/mol. The highest BCUT2D eigenvalue weighted by molar-refractivity contribution is 7.89. The first-order valence-corrected chi connectivity index (χ1v) is 7.51. The fraction of sp³-hybridized carbons (Fsp3) is 0.143. The summed E-state index contributed by atoms with van der Waals surface area (Å²) in [7, 11) is -0.387. The summed E-state index contributed by atoms with van der Waals surface area (Å²) in [5.41, 5.74) is 1.72. The van der Waals surface area contributed by atoms with E-state index in [4.69, 9.17) is 11.6 Å². The maximum absolute atomic E-state index is 12.1. The van der Waals surface area contributed by atoms with Crippen LogP contribution < -0.4 is 0 Å². The van der Waals surface area contributed by atoms with Crippen LogP contribution in [-0.2, 0) is 10.0 Å². The molecular weight excluding hydrogens is 282 g/mol. The second kappa shape index (κ2) is 5.33. The zero-order valence-corrected chi connectivity index (χ0v) is 12.2. The van der Waals surface area contributed by atoms with E-state index in [1.807, 2.05) is 24.3 Å². The highest BCUT2D eigenvalue weighted by Gasteiger charge is 2.17. The van der Waals surface area contributed by atoms with Crippen molar-refractivity contribution in [2.24, 2.45) is 0 Å². The number of benzene rings is 2. The van der Waals surface area contributed by atoms with Gasteiger partial charge in [0.15, 0.2) is 0 Å². The lowest BCUT2D eigenvalue weighted by Gasteiger charge is -2.12. The van der Waals surface area contributed by atoms with Crippen molar-refractivity contribution in [1.29, 1.82) is 0 Å². The SMILES string of the molecule is CN(C)S(=O)(=O)c1cccc(-c2cccc(Cl)c2)c1. The summed E-state index contributed by atoms with van der Waals surface area (Å²) in [6.45, 7) is 0. The minimum Gasteiger partial charge on any atom is -0.207 e. The van der Waals surface area contributed by atoms with Crippen LogP contribution in [-0.4, -0.2) is 26.8 Å². The summed E-state index contributed by atoms with van der Waals surface area (Å²) in [5.74, 6) is 0. The summed E-state index contributed by atoms with van der Waals surface area (Å²) in [6, 6.07) is 14.2. The molecule has 0 aromatic heterocycles. The molecule has 2 aromatic rings. The lowest BCUT2D eigenvalue weighted by Crippen LogP contribution is -2.22. The molecule has 0 atom stereocenters. The van der Waals surface area contributed by atoms with Gasteiger partial charge in [0.2, 0.25) is 10.0 Å². The Morgan fingerprint density at radius 1 is 0.947 bits per heavy atom. The highest BCUT2D eigenvalue weighted by atomic mass is 35.5. The molecule has 2 rings (SSSR count). The van der Waals surface area contributed by atoms with Crippen molar-refractivity contribution in [2.75, 3.05) is 14.1 Å². The highest BCUT2D eigenvalue weighted by Crippen LogP contribution is 2.25. The van der Waals surface area contributed by atoms with Gasteiger partial charge in [0.1, 0.15) is 0 Å². The van der Waals surface area contributed by atoms with E-state index in [1.54, 1.807) is 24.3 Å². The monoisotopic (exact) mass is 295 g/mol. The minimum atomic E-state index is -3.42. The maximum atomic E-state index is 12.1. The molecule has 0 aliphatic heterocycles. The number of hydrogen-bond donors (Lipinski definition) is 0. The smallest absolute Gasteiger partial charge is 0.207 e. The largest absolute Gasteiger partial charge is 0.242 e. The van der Waals surface area contributed by atoms with Crippen LogP contribution in [0.4, 0.5) is 0 Å². The molecule has 0 aliphatic carbocycles. The van der Waals surface area contributed by atoms with Gasteiger partial charge in [-0.15, -0.1) is 0 Å². The standard InChI is InChI=1S/C14H14ClNO2S/c1-16(2)19(17,18)14-8-4-6-12(10-14)11-5-3-7-13(15)9-11/h3-10H,1-2H3. The number of nitrogens with zero attached hydrogens (tertiary/aromatic N) is 1. The normalized spacial score (nSPS) is 11.8.